The minimum absolute atomic E-state index is 0.00460. The van der Waals surface area contributed by atoms with Crippen LogP contribution in [0.2, 0.25) is 0 Å². The minimum atomic E-state index is -5.04. The summed E-state index contributed by atoms with van der Waals surface area (Å²) in [6, 6.07) is 0. The Morgan fingerprint density at radius 2 is 0.911 bits per heavy atom. The SMILES string of the molecule is CC(C)(C)OC(=O)NCC1=C[C@@H](CCl)[C@H](CCl)[C@H]1[C@H](O)CNC(=O)C(F)(F)F.CC(C)(C)OC(=O)NCC1=C[C@H](CCl)[C@@H](CCl)[C@@H]1[C@@H](O)CNC(=O)C(F)(F)F. The maximum atomic E-state index is 12.4. The van der Waals surface area contributed by atoms with E-state index < -0.39 is 84.7 Å². The number of alkyl halides is 10. The predicted molar refractivity (Wildman–Crippen MR) is 199 cm³/mol. The first kappa shape index (κ1) is 51.6. The van der Waals surface area contributed by atoms with Crippen molar-refractivity contribution in [3.8, 4) is 0 Å². The van der Waals surface area contributed by atoms with Crippen LogP contribution in [0.1, 0.15) is 41.5 Å². The van der Waals surface area contributed by atoms with Crippen LogP contribution in [0.3, 0.4) is 0 Å². The summed E-state index contributed by atoms with van der Waals surface area (Å²) in [5, 5.41) is 29.3. The third-order valence-corrected chi connectivity index (χ3v) is 9.83. The van der Waals surface area contributed by atoms with E-state index in [0.717, 1.165) is 0 Å². The average molecular weight is 899 g/mol. The summed E-state index contributed by atoms with van der Waals surface area (Å²) in [6.45, 7) is 8.97. The van der Waals surface area contributed by atoms with Crippen molar-refractivity contribution in [1.29, 1.82) is 0 Å². The highest BCUT2D eigenvalue weighted by Crippen LogP contribution is 2.41. The molecule has 2 rings (SSSR count). The molecule has 0 radical (unpaired) electrons. The molecule has 2 aliphatic rings. The van der Waals surface area contributed by atoms with Crippen LogP contribution in [0, 0.1) is 35.5 Å². The number of halogens is 10. The molecule has 56 heavy (non-hydrogen) atoms. The lowest BCUT2D eigenvalue weighted by Gasteiger charge is -2.29. The number of ether oxygens (including phenoxy) is 2. The van der Waals surface area contributed by atoms with Crippen LogP contribution < -0.4 is 21.3 Å². The summed E-state index contributed by atoms with van der Waals surface area (Å²) in [7, 11) is 0. The topological polar surface area (TPSA) is 175 Å². The third kappa shape index (κ3) is 17.2. The molecule has 0 spiro atoms. The first-order valence-corrected chi connectivity index (χ1v) is 19.4. The zero-order valence-electron chi connectivity index (χ0n) is 31.6. The summed E-state index contributed by atoms with van der Waals surface area (Å²) in [6.07, 6.45) is -10.6. The number of rotatable bonds is 14. The summed E-state index contributed by atoms with van der Waals surface area (Å²) in [5.41, 5.74) is -0.273. The highest BCUT2D eigenvalue weighted by Gasteiger charge is 2.44. The Morgan fingerprint density at radius 1 is 0.607 bits per heavy atom. The van der Waals surface area contributed by atoms with Gasteiger partial charge in [-0.3, -0.25) is 9.59 Å². The molecule has 0 aromatic rings. The lowest BCUT2D eigenvalue weighted by Crippen LogP contribution is -2.45. The van der Waals surface area contributed by atoms with Crippen molar-refractivity contribution in [2.75, 3.05) is 49.7 Å². The number of hydrogen-bond donors (Lipinski definition) is 6. The summed E-state index contributed by atoms with van der Waals surface area (Å²) < 4.78 is 84.4. The monoisotopic (exact) mass is 896 g/mol. The number of alkyl carbamates (subject to hydrolysis) is 2. The number of carbonyl (C=O) groups excluding carboxylic acids is 4. The molecule has 0 saturated heterocycles. The van der Waals surface area contributed by atoms with Crippen LogP contribution >= 0.6 is 46.4 Å². The first-order chi connectivity index (χ1) is 25.6. The Morgan fingerprint density at radius 3 is 1.14 bits per heavy atom. The number of aliphatic hydroxyl groups excluding tert-OH is 2. The normalized spacial score (nSPS) is 23.8. The lowest BCUT2D eigenvalue weighted by atomic mass is 9.84. The molecule has 0 unspecified atom stereocenters. The number of aliphatic hydroxyl groups is 2. The van der Waals surface area contributed by atoms with Gasteiger partial charge in [0.2, 0.25) is 0 Å². The number of carbonyl (C=O) groups is 4. The van der Waals surface area contributed by atoms with Gasteiger partial charge < -0.3 is 41.0 Å². The molecule has 0 saturated carbocycles. The van der Waals surface area contributed by atoms with E-state index in [0.29, 0.717) is 11.1 Å². The predicted octanol–water partition coefficient (Wildman–Crippen LogP) is 5.63. The Kier molecular flexibility index (Phi) is 20.4. The molecule has 6 N–H and O–H groups in total. The fraction of sp³-hybridized carbons (Fsp3) is 0.765. The molecule has 0 aromatic heterocycles. The van der Waals surface area contributed by atoms with Gasteiger partial charge in [-0.1, -0.05) is 12.2 Å². The number of hydrogen-bond acceptors (Lipinski definition) is 8. The molecule has 22 heteroatoms. The summed E-state index contributed by atoms with van der Waals surface area (Å²) in [5.74, 6) is -6.24. The largest absolute Gasteiger partial charge is 0.471 e. The first-order valence-electron chi connectivity index (χ1n) is 17.2. The smallest absolute Gasteiger partial charge is 0.444 e. The van der Waals surface area contributed by atoms with Crippen LogP contribution in [0.25, 0.3) is 0 Å². The van der Waals surface area contributed by atoms with E-state index in [4.69, 9.17) is 55.9 Å². The highest BCUT2D eigenvalue weighted by molar-refractivity contribution is 6.19. The van der Waals surface area contributed by atoms with Crippen molar-refractivity contribution in [3.05, 3.63) is 23.3 Å². The van der Waals surface area contributed by atoms with Gasteiger partial charge in [0.1, 0.15) is 11.2 Å². The standard InChI is InChI=1S/2C17H25Cl2F3N2O4/c2*1-16(2,3)28-15(27)24-7-10-4-9(5-18)11(6-19)13(10)12(25)8-23-14(26)17(20,21)22/h2*4,9,11-13,25H,5-8H2,1-3H3,(H,23,26)(H,24,27)/t2*9-,11-,12+,13-/m10/s1. The van der Waals surface area contributed by atoms with Gasteiger partial charge in [-0.2, -0.15) is 26.3 Å². The second kappa shape index (κ2) is 22.1. The van der Waals surface area contributed by atoms with E-state index in [9.17, 15) is 55.7 Å². The van der Waals surface area contributed by atoms with Crippen LogP contribution in [0.4, 0.5) is 35.9 Å². The highest BCUT2D eigenvalue weighted by atomic mass is 35.5. The fourth-order valence-corrected chi connectivity index (χ4v) is 7.56. The zero-order chi connectivity index (χ0) is 43.4. The van der Waals surface area contributed by atoms with Crippen molar-refractivity contribution in [1.82, 2.24) is 21.3 Å². The Hall–Kier alpha value is -2.38. The Balaban J connectivity index is 0.000000560. The van der Waals surface area contributed by atoms with Gasteiger partial charge in [0.15, 0.2) is 0 Å². The van der Waals surface area contributed by atoms with E-state index >= 15 is 0 Å². The maximum absolute atomic E-state index is 12.4. The minimum Gasteiger partial charge on any atom is -0.444 e. The van der Waals surface area contributed by atoms with Crippen LogP contribution in [0.5, 0.6) is 0 Å². The molecule has 0 fully saturated rings. The van der Waals surface area contributed by atoms with E-state index in [1.165, 1.54) is 0 Å². The van der Waals surface area contributed by atoms with Gasteiger partial charge in [-0.25, -0.2) is 9.59 Å². The Labute approximate surface area is 341 Å². The fourth-order valence-electron chi connectivity index (χ4n) is 6.08. The van der Waals surface area contributed by atoms with Crippen molar-refractivity contribution >= 4 is 70.4 Å². The molecule has 12 nitrogen and oxygen atoms in total. The van der Waals surface area contributed by atoms with E-state index in [1.54, 1.807) is 64.3 Å². The van der Waals surface area contributed by atoms with Crippen molar-refractivity contribution in [2.24, 2.45) is 35.5 Å². The van der Waals surface area contributed by atoms with E-state index in [-0.39, 0.29) is 60.3 Å². The summed E-state index contributed by atoms with van der Waals surface area (Å²) in [4.78, 5) is 45.7. The molecule has 0 aliphatic heterocycles. The zero-order valence-corrected chi connectivity index (χ0v) is 34.6. The number of nitrogens with one attached hydrogen (secondary N) is 4. The molecule has 2 aliphatic carbocycles. The molecule has 0 aromatic carbocycles. The average Bonchev–Trinajstić information content (AvgIpc) is 3.62. The second-order valence-electron chi connectivity index (χ2n) is 15.1. The molecule has 0 heterocycles. The van der Waals surface area contributed by atoms with Crippen LogP contribution in [-0.4, -0.2) is 120 Å². The maximum Gasteiger partial charge on any atom is 0.471 e. The van der Waals surface area contributed by atoms with Gasteiger partial charge in [0.25, 0.3) is 0 Å². The number of allylic oxidation sites excluding steroid dienone is 2. The number of amides is 4. The molecule has 8 atom stereocenters. The molecule has 324 valence electrons. The van der Waals surface area contributed by atoms with Gasteiger partial charge >= 0.3 is 36.4 Å². The molecular weight excluding hydrogens is 848 g/mol. The van der Waals surface area contributed by atoms with Crippen LogP contribution in [0.15, 0.2) is 23.3 Å². The van der Waals surface area contributed by atoms with Crippen molar-refractivity contribution in [3.63, 3.8) is 0 Å². The Bertz CT molecular complexity index is 1290. The molecule has 4 amide bonds. The van der Waals surface area contributed by atoms with Gasteiger partial charge in [0.05, 0.1) is 12.2 Å². The second-order valence-corrected chi connectivity index (χ2v) is 16.3. The quantitative estimate of drug-likeness (QED) is 0.0739. The van der Waals surface area contributed by atoms with E-state index in [2.05, 4.69) is 10.6 Å². The van der Waals surface area contributed by atoms with Crippen LogP contribution in [-0.2, 0) is 19.1 Å². The van der Waals surface area contributed by atoms with Gasteiger partial charge in [0, 0.05) is 61.5 Å². The molecule has 0 bridgehead atoms. The van der Waals surface area contributed by atoms with E-state index in [1.807, 2.05) is 0 Å². The third-order valence-electron chi connectivity index (χ3n) is 8.41. The summed E-state index contributed by atoms with van der Waals surface area (Å²) >= 11 is 23.9. The lowest BCUT2D eigenvalue weighted by molar-refractivity contribution is -0.174. The molecular formula is C34H50Cl4F6N4O8. The van der Waals surface area contributed by atoms with Gasteiger partial charge in [-0.15, -0.1) is 46.4 Å². The van der Waals surface area contributed by atoms with Gasteiger partial charge in [-0.05, 0) is 76.4 Å². The van der Waals surface area contributed by atoms with Crippen molar-refractivity contribution in [2.45, 2.75) is 77.3 Å². The van der Waals surface area contributed by atoms with Crippen molar-refractivity contribution < 1.29 is 65.2 Å².